The van der Waals surface area contributed by atoms with Gasteiger partial charge < -0.3 is 20.1 Å². The molecule has 3 aromatic rings. The molecule has 0 radical (unpaired) electrons. The largest absolute Gasteiger partial charge is 0.545 e. The molecular formula is C19H15F3N3O2-. The number of hydrogen-bond donors (Lipinski definition) is 1. The molecule has 0 saturated carbocycles. The Morgan fingerprint density at radius 2 is 1.78 bits per heavy atom. The van der Waals surface area contributed by atoms with E-state index in [9.17, 15) is 23.1 Å². The van der Waals surface area contributed by atoms with Crippen molar-refractivity contribution in [3.8, 4) is 0 Å². The Morgan fingerprint density at radius 1 is 1.11 bits per heavy atom. The van der Waals surface area contributed by atoms with Crippen LogP contribution in [0, 0.1) is 0 Å². The van der Waals surface area contributed by atoms with Gasteiger partial charge in [-0.1, -0.05) is 12.1 Å². The van der Waals surface area contributed by atoms with Crippen molar-refractivity contribution in [3.05, 3.63) is 59.8 Å². The van der Waals surface area contributed by atoms with Crippen LogP contribution in [0.3, 0.4) is 0 Å². The molecule has 0 fully saturated rings. The van der Waals surface area contributed by atoms with Gasteiger partial charge in [-0.15, -0.1) is 0 Å². The summed E-state index contributed by atoms with van der Waals surface area (Å²) in [6.45, 7) is 0. The molecule has 3 rings (SSSR count). The second kappa shape index (κ2) is 6.79. The maximum atomic E-state index is 13.3. The predicted octanol–water partition coefficient (Wildman–Crippen LogP) is 3.43. The third-order valence-corrected chi connectivity index (χ3v) is 4.08. The first kappa shape index (κ1) is 18.5. The smallest absolute Gasteiger partial charge is 0.418 e. The molecular weight excluding hydrogens is 359 g/mol. The van der Waals surface area contributed by atoms with Gasteiger partial charge in [-0.05, 0) is 30.3 Å². The van der Waals surface area contributed by atoms with Crippen molar-refractivity contribution in [2.45, 2.75) is 6.18 Å². The maximum absolute atomic E-state index is 13.3. The lowest BCUT2D eigenvalue weighted by molar-refractivity contribution is -0.254. The number of para-hydroxylation sites is 1. The van der Waals surface area contributed by atoms with Crippen LogP contribution in [0.2, 0.25) is 0 Å². The van der Waals surface area contributed by atoms with Crippen LogP contribution in [-0.2, 0) is 6.18 Å². The van der Waals surface area contributed by atoms with Crippen LogP contribution < -0.4 is 15.3 Å². The van der Waals surface area contributed by atoms with E-state index in [0.717, 1.165) is 18.0 Å². The van der Waals surface area contributed by atoms with E-state index in [1.807, 2.05) is 19.0 Å². The molecule has 1 N–H and O–H groups in total. The highest BCUT2D eigenvalue weighted by Gasteiger charge is 2.33. The molecule has 0 saturated heterocycles. The second-order valence-electron chi connectivity index (χ2n) is 6.10. The Hall–Kier alpha value is -3.29. The monoisotopic (exact) mass is 374 g/mol. The lowest BCUT2D eigenvalue weighted by Crippen LogP contribution is -2.24. The van der Waals surface area contributed by atoms with Crippen molar-refractivity contribution in [2.75, 3.05) is 24.3 Å². The van der Waals surface area contributed by atoms with Crippen molar-refractivity contribution in [1.82, 2.24) is 4.98 Å². The van der Waals surface area contributed by atoms with Gasteiger partial charge in [0.1, 0.15) is 0 Å². The summed E-state index contributed by atoms with van der Waals surface area (Å²) < 4.78 is 39.8. The van der Waals surface area contributed by atoms with E-state index in [2.05, 4.69) is 10.3 Å². The van der Waals surface area contributed by atoms with Gasteiger partial charge in [0, 0.05) is 42.6 Å². The number of carbonyl (C=O) groups excluding carboxylic acids is 1. The Labute approximate surface area is 153 Å². The molecule has 0 spiro atoms. The molecule has 0 unspecified atom stereocenters. The van der Waals surface area contributed by atoms with Crippen LogP contribution in [-0.4, -0.2) is 25.0 Å². The fourth-order valence-electron chi connectivity index (χ4n) is 2.73. The molecule has 1 aromatic heterocycles. The van der Waals surface area contributed by atoms with Crippen LogP contribution in [0.1, 0.15) is 15.9 Å². The van der Waals surface area contributed by atoms with Gasteiger partial charge in [-0.2, -0.15) is 13.2 Å². The zero-order valence-corrected chi connectivity index (χ0v) is 14.5. The highest BCUT2D eigenvalue weighted by Crippen LogP contribution is 2.37. The van der Waals surface area contributed by atoms with Gasteiger partial charge in [-0.3, -0.25) is 4.98 Å². The van der Waals surface area contributed by atoms with E-state index in [4.69, 9.17) is 0 Å². The van der Waals surface area contributed by atoms with Gasteiger partial charge >= 0.3 is 6.18 Å². The number of alkyl halides is 3. The van der Waals surface area contributed by atoms with Crippen LogP contribution in [0.25, 0.3) is 10.9 Å². The Morgan fingerprint density at radius 3 is 2.33 bits per heavy atom. The normalized spacial score (nSPS) is 11.4. The van der Waals surface area contributed by atoms with Gasteiger partial charge in [0.05, 0.1) is 22.7 Å². The van der Waals surface area contributed by atoms with Gasteiger partial charge in [-0.25, -0.2) is 0 Å². The number of pyridine rings is 1. The zero-order valence-electron chi connectivity index (χ0n) is 14.5. The van der Waals surface area contributed by atoms with Crippen LogP contribution in [0.15, 0.2) is 48.7 Å². The molecule has 27 heavy (non-hydrogen) atoms. The van der Waals surface area contributed by atoms with Crippen molar-refractivity contribution in [1.29, 1.82) is 0 Å². The quantitative estimate of drug-likeness (QED) is 0.758. The molecule has 0 aliphatic rings. The Balaban J connectivity index is 2.17. The van der Waals surface area contributed by atoms with E-state index in [-0.39, 0.29) is 22.2 Å². The summed E-state index contributed by atoms with van der Waals surface area (Å²) in [4.78, 5) is 17.1. The minimum atomic E-state index is -4.61. The number of benzene rings is 2. The highest BCUT2D eigenvalue weighted by molar-refractivity contribution is 6.05. The van der Waals surface area contributed by atoms with Gasteiger partial charge in [0.25, 0.3) is 0 Å². The number of hydrogen-bond acceptors (Lipinski definition) is 5. The number of rotatable bonds is 4. The molecule has 0 amide bonds. The minimum Gasteiger partial charge on any atom is -0.545 e. The van der Waals surface area contributed by atoms with E-state index < -0.39 is 17.7 Å². The molecule has 1 heterocycles. The molecule has 0 bridgehead atoms. The van der Waals surface area contributed by atoms with Crippen molar-refractivity contribution in [2.24, 2.45) is 0 Å². The minimum absolute atomic E-state index is 0.00343. The summed E-state index contributed by atoms with van der Waals surface area (Å²) in [5, 5.41) is 14.4. The number of carboxylic acid groups (broad SMARTS) is 1. The summed E-state index contributed by atoms with van der Waals surface area (Å²) in [6, 6.07) is 10.5. The predicted molar refractivity (Wildman–Crippen MR) is 95.1 cm³/mol. The summed E-state index contributed by atoms with van der Waals surface area (Å²) >= 11 is 0. The first-order valence-corrected chi connectivity index (χ1v) is 7.93. The zero-order chi connectivity index (χ0) is 19.8. The third kappa shape index (κ3) is 3.64. The lowest BCUT2D eigenvalue weighted by atomic mass is 10.0. The molecule has 2 aromatic carbocycles. The van der Waals surface area contributed by atoms with Crippen LogP contribution in [0.4, 0.5) is 30.2 Å². The summed E-state index contributed by atoms with van der Waals surface area (Å²) in [5.41, 5.74) is -0.145. The van der Waals surface area contributed by atoms with E-state index in [1.165, 1.54) is 12.1 Å². The summed E-state index contributed by atoms with van der Waals surface area (Å²) in [5.74, 6) is -1.53. The fourth-order valence-corrected chi connectivity index (χ4v) is 2.73. The van der Waals surface area contributed by atoms with Crippen LogP contribution in [0.5, 0.6) is 0 Å². The summed E-state index contributed by atoms with van der Waals surface area (Å²) in [6.07, 6.45) is -3.73. The first-order chi connectivity index (χ1) is 12.7. The number of nitrogens with one attached hydrogen (secondary N) is 1. The average Bonchev–Trinajstić information content (AvgIpc) is 2.60. The SMILES string of the molecule is CN(C)c1ccc(Nc2c(C(=O)[O-])cnc3c(C(F)(F)F)cccc23)cc1. The highest BCUT2D eigenvalue weighted by atomic mass is 19.4. The van der Waals surface area contributed by atoms with Crippen molar-refractivity contribution >= 4 is 33.9 Å². The second-order valence-corrected chi connectivity index (χ2v) is 6.10. The number of halogens is 3. The van der Waals surface area contributed by atoms with E-state index in [1.54, 1.807) is 24.3 Å². The molecule has 0 aliphatic heterocycles. The lowest BCUT2D eigenvalue weighted by Gasteiger charge is -2.18. The standard InChI is InChI=1S/C19H16F3N3O2/c1-25(2)12-8-6-11(7-9-12)24-16-13-4-3-5-15(19(20,21)22)17(13)23-10-14(16)18(26)27/h3-10H,1-2H3,(H,23,24)(H,26,27)/p-1. The number of carboxylic acids is 1. The molecule has 5 nitrogen and oxygen atoms in total. The average molecular weight is 374 g/mol. The van der Waals surface area contributed by atoms with Crippen molar-refractivity contribution < 1.29 is 23.1 Å². The Bertz CT molecular complexity index is 999. The fraction of sp³-hybridized carbons (Fsp3) is 0.158. The van der Waals surface area contributed by atoms with Gasteiger partial charge in [0.2, 0.25) is 0 Å². The summed E-state index contributed by atoms with van der Waals surface area (Å²) in [7, 11) is 3.73. The number of aromatic nitrogens is 1. The number of nitrogens with zero attached hydrogens (tertiary/aromatic N) is 2. The maximum Gasteiger partial charge on any atom is 0.418 e. The number of aromatic carboxylic acids is 1. The number of carbonyl (C=O) groups is 1. The van der Waals surface area contributed by atoms with Crippen molar-refractivity contribution in [3.63, 3.8) is 0 Å². The first-order valence-electron chi connectivity index (χ1n) is 7.93. The number of fused-ring (bicyclic) bond motifs is 1. The van der Waals surface area contributed by atoms with Crippen LogP contribution >= 0.6 is 0 Å². The number of anilines is 3. The van der Waals surface area contributed by atoms with Gasteiger partial charge in [0.15, 0.2) is 0 Å². The molecule has 0 atom stereocenters. The molecule has 0 aliphatic carbocycles. The molecule has 8 heteroatoms. The van der Waals surface area contributed by atoms with E-state index >= 15 is 0 Å². The third-order valence-electron chi connectivity index (χ3n) is 4.08. The topological polar surface area (TPSA) is 68.3 Å². The molecule has 140 valence electrons. The Kier molecular flexibility index (Phi) is 4.65. The van der Waals surface area contributed by atoms with E-state index in [0.29, 0.717) is 5.69 Å².